The molecule has 0 aliphatic carbocycles. The number of aliphatic imine (C=N–C) groups is 1. The molecule has 0 aliphatic rings. The van der Waals surface area contributed by atoms with Gasteiger partial charge in [0.1, 0.15) is 11.4 Å². The van der Waals surface area contributed by atoms with Crippen LogP contribution in [0.2, 0.25) is 0 Å². The molecule has 0 N–H and O–H groups in total. The lowest BCUT2D eigenvalue weighted by atomic mass is 10.2. The second-order valence-electron chi connectivity index (χ2n) is 4.76. The summed E-state index contributed by atoms with van der Waals surface area (Å²) < 4.78 is 1.65. The number of rotatable bonds is 7. The fourth-order valence-electron chi connectivity index (χ4n) is 1.44. The lowest BCUT2D eigenvalue weighted by Gasteiger charge is -2.18. The molecule has 1 aromatic rings. The molecule has 1 heterocycles. The Hall–Kier alpha value is -1.53. The molecule has 0 aliphatic heterocycles. The van der Waals surface area contributed by atoms with Gasteiger partial charge in [-0.1, -0.05) is 31.0 Å². The normalized spacial score (nSPS) is 12.4. The molecule has 0 atom stereocenters. The van der Waals surface area contributed by atoms with Gasteiger partial charge in [-0.3, -0.25) is 9.67 Å². The minimum atomic E-state index is 0.428. The van der Waals surface area contributed by atoms with Crippen LogP contribution >= 0.6 is 23.4 Å². The first-order chi connectivity index (χ1) is 10.4. The van der Waals surface area contributed by atoms with Crippen molar-refractivity contribution in [2.45, 2.75) is 6.92 Å². The van der Waals surface area contributed by atoms with Gasteiger partial charge in [0.2, 0.25) is 5.82 Å². The molecule has 1 rings (SSSR count). The van der Waals surface area contributed by atoms with E-state index in [1.165, 1.54) is 11.8 Å². The Labute approximate surface area is 141 Å². The largest absolute Gasteiger partial charge is 0.374 e. The molecule has 0 saturated carbocycles. The van der Waals surface area contributed by atoms with Crippen LogP contribution in [0.4, 0.5) is 0 Å². The maximum atomic E-state index is 5.77. The molecule has 0 bridgehead atoms. The molecular formula is C15H22ClN5S. The van der Waals surface area contributed by atoms with Crippen molar-refractivity contribution in [2.75, 3.05) is 26.5 Å². The molecular weight excluding hydrogens is 318 g/mol. The van der Waals surface area contributed by atoms with Crippen molar-refractivity contribution in [1.82, 2.24) is 19.7 Å². The number of hydrogen-bond donors (Lipinski definition) is 0. The molecule has 5 nitrogen and oxygen atoms in total. The van der Waals surface area contributed by atoms with E-state index in [9.17, 15) is 0 Å². The summed E-state index contributed by atoms with van der Waals surface area (Å²) in [5, 5.41) is 5.01. The monoisotopic (exact) mass is 339 g/mol. The van der Waals surface area contributed by atoms with E-state index in [2.05, 4.69) is 34.3 Å². The Morgan fingerprint density at radius 1 is 1.55 bits per heavy atom. The molecule has 0 aromatic carbocycles. The van der Waals surface area contributed by atoms with Gasteiger partial charge in [-0.05, 0) is 12.5 Å². The molecule has 22 heavy (non-hydrogen) atoms. The van der Waals surface area contributed by atoms with E-state index in [0.29, 0.717) is 11.7 Å². The highest BCUT2D eigenvalue weighted by Gasteiger charge is 2.11. The van der Waals surface area contributed by atoms with Gasteiger partial charge in [0.15, 0.2) is 0 Å². The topological polar surface area (TPSA) is 46.3 Å². The van der Waals surface area contributed by atoms with Gasteiger partial charge in [0.25, 0.3) is 0 Å². The van der Waals surface area contributed by atoms with Crippen LogP contribution in [-0.4, -0.2) is 51.2 Å². The van der Waals surface area contributed by atoms with Crippen LogP contribution < -0.4 is 0 Å². The first-order valence-corrected chi connectivity index (χ1v) is 8.05. The van der Waals surface area contributed by atoms with Crippen LogP contribution in [0.15, 0.2) is 46.7 Å². The summed E-state index contributed by atoms with van der Waals surface area (Å²) in [7, 11) is 5.51. The molecule has 0 fully saturated rings. The SMILES string of the molecule is C=C(SC(=NC)c1ncn(C)n1)/C(C)=C/CN(C)C(=C)CCl. The van der Waals surface area contributed by atoms with Crippen LogP contribution in [0.3, 0.4) is 0 Å². The summed E-state index contributed by atoms with van der Waals surface area (Å²) in [5.74, 6) is 1.04. The zero-order valence-electron chi connectivity index (χ0n) is 13.5. The summed E-state index contributed by atoms with van der Waals surface area (Å²) in [6.07, 6.45) is 3.74. The summed E-state index contributed by atoms with van der Waals surface area (Å²) in [6, 6.07) is 0. The van der Waals surface area contributed by atoms with Crippen molar-refractivity contribution in [3.05, 3.63) is 47.6 Å². The van der Waals surface area contributed by atoms with E-state index in [4.69, 9.17) is 11.6 Å². The second kappa shape index (κ2) is 8.80. The molecule has 1 aromatic heterocycles. The number of allylic oxidation sites excluding steroid dienone is 2. The van der Waals surface area contributed by atoms with Crippen molar-refractivity contribution >= 4 is 28.4 Å². The van der Waals surface area contributed by atoms with Crippen molar-refractivity contribution < 1.29 is 0 Å². The average molecular weight is 340 g/mol. The Bertz CT molecular complexity index is 603. The molecule has 0 radical (unpaired) electrons. The summed E-state index contributed by atoms with van der Waals surface area (Å²) in [5.41, 5.74) is 1.97. The fraction of sp³-hybridized carbons (Fsp3) is 0.400. The Balaban J connectivity index is 2.68. The molecule has 7 heteroatoms. The Morgan fingerprint density at radius 3 is 2.73 bits per heavy atom. The summed E-state index contributed by atoms with van der Waals surface area (Å²) >= 11 is 7.23. The van der Waals surface area contributed by atoms with Crippen LogP contribution in [-0.2, 0) is 7.05 Å². The zero-order valence-corrected chi connectivity index (χ0v) is 15.1. The number of alkyl halides is 1. The maximum Gasteiger partial charge on any atom is 0.206 e. The number of likely N-dealkylation sites (N-methyl/N-ethyl adjacent to an activating group) is 1. The quantitative estimate of drug-likeness (QED) is 0.331. The highest BCUT2D eigenvalue weighted by Crippen LogP contribution is 2.25. The standard InChI is InChI=1S/C15H22ClN5S/c1-11(7-8-20(5)12(2)9-16)13(3)22-15(17-4)14-18-10-21(6)19-14/h7,10H,2-3,8-9H2,1,4-6H3/b11-7+,17-15?. The van der Waals surface area contributed by atoms with E-state index in [0.717, 1.165) is 27.8 Å². The molecule has 0 spiro atoms. The summed E-state index contributed by atoms with van der Waals surface area (Å²) in [4.78, 5) is 11.4. The minimum Gasteiger partial charge on any atom is -0.374 e. The number of thioether (sulfide) groups is 1. The Kier molecular flexibility index (Phi) is 7.41. The summed E-state index contributed by atoms with van der Waals surface area (Å²) in [6.45, 7) is 10.8. The van der Waals surface area contributed by atoms with Crippen molar-refractivity contribution in [1.29, 1.82) is 0 Å². The highest BCUT2D eigenvalue weighted by molar-refractivity contribution is 8.17. The van der Waals surface area contributed by atoms with Crippen LogP contribution in [0, 0.1) is 0 Å². The van der Waals surface area contributed by atoms with Gasteiger partial charge in [0, 0.05) is 38.3 Å². The maximum absolute atomic E-state index is 5.77. The van der Waals surface area contributed by atoms with E-state index in [1.807, 2.05) is 25.9 Å². The van der Waals surface area contributed by atoms with Crippen LogP contribution in [0.5, 0.6) is 0 Å². The van der Waals surface area contributed by atoms with Gasteiger partial charge in [0.05, 0.1) is 5.88 Å². The van der Waals surface area contributed by atoms with E-state index in [-0.39, 0.29) is 0 Å². The Morgan fingerprint density at radius 2 is 2.23 bits per heavy atom. The first-order valence-electron chi connectivity index (χ1n) is 6.70. The zero-order chi connectivity index (χ0) is 16.7. The van der Waals surface area contributed by atoms with Gasteiger partial charge in [-0.2, -0.15) is 0 Å². The number of aryl methyl sites for hydroxylation is 1. The smallest absolute Gasteiger partial charge is 0.206 e. The van der Waals surface area contributed by atoms with E-state index in [1.54, 1.807) is 18.1 Å². The van der Waals surface area contributed by atoms with Gasteiger partial charge in [-0.25, -0.2) is 4.98 Å². The van der Waals surface area contributed by atoms with Gasteiger partial charge < -0.3 is 4.90 Å². The average Bonchev–Trinajstić information content (AvgIpc) is 2.94. The number of halogens is 1. The fourth-order valence-corrected chi connectivity index (χ4v) is 2.40. The second-order valence-corrected chi connectivity index (χ2v) is 6.11. The molecule has 0 unspecified atom stereocenters. The first kappa shape index (κ1) is 18.5. The van der Waals surface area contributed by atoms with Crippen LogP contribution in [0.25, 0.3) is 0 Å². The van der Waals surface area contributed by atoms with Crippen LogP contribution in [0.1, 0.15) is 12.7 Å². The lowest BCUT2D eigenvalue weighted by Crippen LogP contribution is -2.18. The van der Waals surface area contributed by atoms with Crippen molar-refractivity contribution in [3.8, 4) is 0 Å². The predicted molar refractivity (Wildman–Crippen MR) is 96.4 cm³/mol. The van der Waals surface area contributed by atoms with Crippen molar-refractivity contribution in [3.63, 3.8) is 0 Å². The predicted octanol–water partition coefficient (Wildman–Crippen LogP) is 3.07. The third-order valence-corrected chi connectivity index (χ3v) is 4.45. The lowest BCUT2D eigenvalue weighted by molar-refractivity contribution is 0.468. The van der Waals surface area contributed by atoms with E-state index >= 15 is 0 Å². The third-order valence-electron chi connectivity index (χ3n) is 3.02. The van der Waals surface area contributed by atoms with E-state index < -0.39 is 0 Å². The molecule has 0 amide bonds. The number of aromatic nitrogens is 3. The highest BCUT2D eigenvalue weighted by atomic mass is 35.5. The van der Waals surface area contributed by atoms with Crippen molar-refractivity contribution in [2.24, 2.45) is 12.0 Å². The number of hydrogen-bond acceptors (Lipinski definition) is 5. The molecule has 0 saturated heterocycles. The third kappa shape index (κ3) is 5.35. The minimum absolute atomic E-state index is 0.428. The van der Waals surface area contributed by atoms with Gasteiger partial charge in [-0.15, -0.1) is 16.7 Å². The van der Waals surface area contributed by atoms with Gasteiger partial charge >= 0.3 is 0 Å². The number of nitrogens with zero attached hydrogens (tertiary/aromatic N) is 5. The molecule has 120 valence electrons.